The summed E-state index contributed by atoms with van der Waals surface area (Å²) in [6.45, 7) is 4.53. The van der Waals surface area contributed by atoms with E-state index in [4.69, 9.17) is 0 Å². The molecule has 0 bridgehead atoms. The highest BCUT2D eigenvalue weighted by atomic mass is 79.9. The van der Waals surface area contributed by atoms with E-state index in [2.05, 4.69) is 32.9 Å². The van der Waals surface area contributed by atoms with Gasteiger partial charge >= 0.3 is 0 Å². The highest BCUT2D eigenvalue weighted by molar-refractivity contribution is 9.10. The summed E-state index contributed by atoms with van der Waals surface area (Å²) in [6, 6.07) is 8.97. The van der Waals surface area contributed by atoms with Gasteiger partial charge in [0.1, 0.15) is 0 Å². The lowest BCUT2D eigenvalue weighted by molar-refractivity contribution is 0.153. The summed E-state index contributed by atoms with van der Waals surface area (Å²) in [6.07, 6.45) is -0.619. The largest absolute Gasteiger partial charge is 0.264 e. The zero-order valence-electron chi connectivity index (χ0n) is 13.6. The van der Waals surface area contributed by atoms with E-state index in [-0.39, 0.29) is 5.56 Å². The van der Waals surface area contributed by atoms with Crippen molar-refractivity contribution in [3.63, 3.8) is 0 Å². The van der Waals surface area contributed by atoms with Crippen LogP contribution in [-0.4, -0.2) is 14.8 Å². The van der Waals surface area contributed by atoms with Crippen LogP contribution in [0.2, 0.25) is 0 Å². The van der Waals surface area contributed by atoms with E-state index in [1.807, 2.05) is 24.3 Å². The maximum atomic E-state index is 13.6. The maximum absolute atomic E-state index is 13.6. The Bertz CT molecular complexity index is 857. The van der Waals surface area contributed by atoms with Crippen molar-refractivity contribution in [3.05, 3.63) is 46.1 Å². The molecule has 0 spiro atoms. The molecular formula is C18H18BrF2N3. The minimum absolute atomic E-state index is 0.00170. The molecule has 0 amide bonds. The number of fused-ring (bicyclic) bond motifs is 1. The van der Waals surface area contributed by atoms with Crippen molar-refractivity contribution in [3.8, 4) is 11.3 Å². The van der Waals surface area contributed by atoms with E-state index in [9.17, 15) is 8.78 Å². The Labute approximate surface area is 147 Å². The van der Waals surface area contributed by atoms with E-state index in [0.29, 0.717) is 29.0 Å². The van der Waals surface area contributed by atoms with Gasteiger partial charge in [0.15, 0.2) is 5.65 Å². The maximum Gasteiger partial charge on any atom is 0.264 e. The molecule has 2 heterocycles. The van der Waals surface area contributed by atoms with Gasteiger partial charge in [0.2, 0.25) is 0 Å². The van der Waals surface area contributed by atoms with Crippen LogP contribution in [0.4, 0.5) is 8.78 Å². The molecule has 2 aromatic heterocycles. The number of aromatic nitrogens is 3. The molecule has 6 heteroatoms. The molecule has 3 rings (SSSR count). The summed E-state index contributed by atoms with van der Waals surface area (Å²) in [5.74, 6) is 0. The van der Waals surface area contributed by atoms with Gasteiger partial charge in [-0.2, -0.15) is 5.10 Å². The summed E-state index contributed by atoms with van der Waals surface area (Å²) in [5.41, 5.74) is 2.49. The topological polar surface area (TPSA) is 30.7 Å². The fraction of sp³-hybridized carbons (Fsp3) is 0.333. The zero-order valence-corrected chi connectivity index (χ0v) is 15.1. The number of alkyl halides is 2. The molecule has 126 valence electrons. The first kappa shape index (κ1) is 17.0. The Morgan fingerprint density at radius 3 is 2.54 bits per heavy atom. The Kier molecular flexibility index (Phi) is 4.94. The van der Waals surface area contributed by atoms with Gasteiger partial charge in [-0.1, -0.05) is 41.4 Å². The van der Waals surface area contributed by atoms with Crippen LogP contribution in [0.25, 0.3) is 22.3 Å². The van der Waals surface area contributed by atoms with E-state index in [1.165, 1.54) is 6.07 Å². The van der Waals surface area contributed by atoms with Crippen LogP contribution in [0.5, 0.6) is 0 Å². The van der Waals surface area contributed by atoms with Crippen LogP contribution >= 0.6 is 15.9 Å². The summed E-state index contributed by atoms with van der Waals surface area (Å²) < 4.78 is 29.9. The van der Waals surface area contributed by atoms with Gasteiger partial charge in [0.25, 0.3) is 6.43 Å². The van der Waals surface area contributed by atoms with Gasteiger partial charge in [0.05, 0.1) is 16.8 Å². The van der Waals surface area contributed by atoms with Crippen molar-refractivity contribution in [1.29, 1.82) is 0 Å². The molecule has 0 saturated heterocycles. The number of nitrogens with zero attached hydrogens (tertiary/aromatic N) is 3. The lowest BCUT2D eigenvalue weighted by Gasteiger charge is -2.09. The Hall–Kier alpha value is -1.82. The van der Waals surface area contributed by atoms with E-state index in [1.54, 1.807) is 11.6 Å². The first-order valence-corrected chi connectivity index (χ1v) is 8.72. The fourth-order valence-electron chi connectivity index (χ4n) is 2.79. The van der Waals surface area contributed by atoms with Crippen molar-refractivity contribution in [1.82, 2.24) is 14.8 Å². The molecule has 0 fully saturated rings. The molecule has 0 radical (unpaired) electrons. The Balaban J connectivity index is 2.22. The van der Waals surface area contributed by atoms with Gasteiger partial charge in [0, 0.05) is 22.1 Å². The van der Waals surface area contributed by atoms with Crippen LogP contribution in [0, 0.1) is 6.92 Å². The molecule has 0 unspecified atom stereocenters. The van der Waals surface area contributed by atoms with Crippen molar-refractivity contribution in [2.45, 2.75) is 39.7 Å². The number of hydrogen-bond acceptors (Lipinski definition) is 2. The highest BCUT2D eigenvalue weighted by Gasteiger charge is 2.20. The highest BCUT2D eigenvalue weighted by Crippen LogP contribution is 2.33. The van der Waals surface area contributed by atoms with E-state index >= 15 is 0 Å². The molecule has 1 aromatic carbocycles. The Morgan fingerprint density at radius 2 is 1.92 bits per heavy atom. The molecule has 3 nitrogen and oxygen atoms in total. The molecule has 0 aliphatic rings. The summed E-state index contributed by atoms with van der Waals surface area (Å²) in [5, 5.41) is 4.91. The second kappa shape index (κ2) is 6.97. The van der Waals surface area contributed by atoms with Crippen molar-refractivity contribution < 1.29 is 8.78 Å². The number of unbranched alkanes of at least 4 members (excludes halogenated alkanes) is 1. The molecule has 0 atom stereocenters. The number of benzene rings is 1. The average Bonchev–Trinajstić information content (AvgIpc) is 2.89. The third-order valence-electron chi connectivity index (χ3n) is 4.01. The normalized spacial score (nSPS) is 11.6. The molecule has 24 heavy (non-hydrogen) atoms. The minimum Gasteiger partial charge on any atom is -0.247 e. The number of pyridine rings is 1. The van der Waals surface area contributed by atoms with Gasteiger partial charge < -0.3 is 0 Å². The predicted molar refractivity (Wildman–Crippen MR) is 95.3 cm³/mol. The SMILES string of the molecule is CCCCn1nc(C)c2c(C(F)F)cc(-c3ccc(Br)cc3)nc21. The molecule has 0 aliphatic carbocycles. The first-order chi connectivity index (χ1) is 11.5. The van der Waals surface area contributed by atoms with Crippen LogP contribution < -0.4 is 0 Å². The smallest absolute Gasteiger partial charge is 0.247 e. The van der Waals surface area contributed by atoms with Crippen LogP contribution in [0.1, 0.15) is 37.4 Å². The lowest BCUT2D eigenvalue weighted by Crippen LogP contribution is -2.02. The van der Waals surface area contributed by atoms with Gasteiger partial charge in [-0.15, -0.1) is 0 Å². The first-order valence-electron chi connectivity index (χ1n) is 7.93. The van der Waals surface area contributed by atoms with Crippen molar-refractivity contribution >= 4 is 27.0 Å². The van der Waals surface area contributed by atoms with Crippen molar-refractivity contribution in [2.24, 2.45) is 0 Å². The van der Waals surface area contributed by atoms with E-state index < -0.39 is 6.43 Å². The standard InChI is InChI=1S/C18H18BrF2N3/c1-3-4-9-24-18-16(11(2)23-24)14(17(20)21)10-15(22-18)12-5-7-13(19)8-6-12/h5-8,10,17H,3-4,9H2,1-2H3. The summed E-state index contributed by atoms with van der Waals surface area (Å²) >= 11 is 3.38. The van der Waals surface area contributed by atoms with Gasteiger partial charge in [-0.3, -0.25) is 0 Å². The zero-order chi connectivity index (χ0) is 17.3. The molecule has 0 saturated carbocycles. The summed E-state index contributed by atoms with van der Waals surface area (Å²) in [7, 11) is 0. The molecule has 0 N–H and O–H groups in total. The lowest BCUT2D eigenvalue weighted by atomic mass is 10.1. The van der Waals surface area contributed by atoms with E-state index in [0.717, 1.165) is 22.9 Å². The van der Waals surface area contributed by atoms with Crippen LogP contribution in [0.15, 0.2) is 34.8 Å². The Morgan fingerprint density at radius 1 is 1.21 bits per heavy atom. The fourth-order valence-corrected chi connectivity index (χ4v) is 3.06. The number of halogens is 3. The molecule has 0 aliphatic heterocycles. The predicted octanol–water partition coefficient (Wildman–Crippen LogP) is 5.91. The third kappa shape index (κ3) is 3.20. The van der Waals surface area contributed by atoms with Crippen LogP contribution in [0.3, 0.4) is 0 Å². The van der Waals surface area contributed by atoms with Crippen LogP contribution in [-0.2, 0) is 6.54 Å². The quantitative estimate of drug-likeness (QED) is 0.539. The summed E-state index contributed by atoms with van der Waals surface area (Å²) in [4.78, 5) is 4.64. The third-order valence-corrected chi connectivity index (χ3v) is 4.54. The van der Waals surface area contributed by atoms with Crippen molar-refractivity contribution in [2.75, 3.05) is 0 Å². The van der Waals surface area contributed by atoms with Gasteiger partial charge in [-0.25, -0.2) is 18.4 Å². The monoisotopic (exact) mass is 393 g/mol. The van der Waals surface area contributed by atoms with Gasteiger partial charge in [-0.05, 0) is 31.5 Å². The second-order valence-electron chi connectivity index (χ2n) is 5.77. The number of hydrogen-bond donors (Lipinski definition) is 0. The molecular weight excluding hydrogens is 376 g/mol. The molecule has 3 aromatic rings. The minimum atomic E-state index is -2.56. The number of aryl methyl sites for hydroxylation is 2. The average molecular weight is 394 g/mol. The second-order valence-corrected chi connectivity index (χ2v) is 6.68. The number of rotatable bonds is 5.